The fourth-order valence-corrected chi connectivity index (χ4v) is 1.93. The van der Waals surface area contributed by atoms with Gasteiger partial charge in [-0.1, -0.05) is 12.1 Å². The van der Waals surface area contributed by atoms with Crippen molar-refractivity contribution in [2.24, 2.45) is 0 Å². The zero-order valence-electron chi connectivity index (χ0n) is 9.68. The van der Waals surface area contributed by atoms with Crippen LogP contribution in [0.1, 0.15) is 5.56 Å². The zero-order chi connectivity index (χ0) is 12.3. The number of fused-ring (bicyclic) bond motifs is 1. The smallest absolute Gasteiger partial charge is 0.317 e. The third-order valence-corrected chi connectivity index (χ3v) is 2.69. The molecule has 0 spiro atoms. The van der Waals surface area contributed by atoms with E-state index in [1.807, 2.05) is 23.1 Å². The Morgan fingerprint density at radius 2 is 2.41 bits per heavy atom. The van der Waals surface area contributed by atoms with Gasteiger partial charge in [-0.3, -0.25) is 9.69 Å². The number of carboxylic acids is 1. The topological polar surface area (TPSA) is 59.0 Å². The summed E-state index contributed by atoms with van der Waals surface area (Å²) in [5.41, 5.74) is 0.961. The minimum atomic E-state index is -0.823. The lowest BCUT2D eigenvalue weighted by Crippen LogP contribution is -2.31. The molecular weight excluding hydrogens is 222 g/mol. The summed E-state index contributed by atoms with van der Waals surface area (Å²) in [5.74, 6) is 0.596. The third-order valence-electron chi connectivity index (χ3n) is 2.69. The maximum atomic E-state index is 10.7. The predicted octanol–water partition coefficient (Wildman–Crippen LogP) is 0.974. The van der Waals surface area contributed by atoms with Crippen molar-refractivity contribution in [2.75, 3.05) is 26.8 Å². The lowest BCUT2D eigenvalue weighted by Gasteiger charge is -2.16. The van der Waals surface area contributed by atoms with Gasteiger partial charge >= 0.3 is 5.97 Å². The number of benzene rings is 1. The first kappa shape index (κ1) is 11.7. The highest BCUT2D eigenvalue weighted by Gasteiger charge is 2.19. The molecule has 0 unspecified atom stereocenters. The van der Waals surface area contributed by atoms with Gasteiger partial charge in [0.1, 0.15) is 6.61 Å². The van der Waals surface area contributed by atoms with E-state index in [0.717, 1.165) is 11.3 Å². The van der Waals surface area contributed by atoms with Gasteiger partial charge in [0.25, 0.3) is 0 Å². The maximum absolute atomic E-state index is 10.7. The summed E-state index contributed by atoms with van der Waals surface area (Å²) in [6, 6.07) is 5.65. The molecule has 0 radical (unpaired) electrons. The summed E-state index contributed by atoms with van der Waals surface area (Å²) < 4.78 is 10.8. The molecule has 5 heteroatoms. The van der Waals surface area contributed by atoms with Crippen LogP contribution in [0, 0.1) is 0 Å². The number of carboxylic acid groups (broad SMARTS) is 1. The van der Waals surface area contributed by atoms with Crippen LogP contribution in [0.4, 0.5) is 0 Å². The molecule has 2 rings (SSSR count). The highest BCUT2D eigenvalue weighted by atomic mass is 16.5. The van der Waals surface area contributed by atoms with Crippen LogP contribution in [0.25, 0.3) is 0 Å². The molecule has 1 heterocycles. The number of aliphatic carboxylic acids is 1. The van der Waals surface area contributed by atoms with Crippen molar-refractivity contribution in [3.8, 4) is 11.5 Å². The fourth-order valence-electron chi connectivity index (χ4n) is 1.93. The third kappa shape index (κ3) is 2.68. The summed E-state index contributed by atoms with van der Waals surface area (Å²) in [6.45, 7) is 1.67. The Bertz CT molecular complexity index is 419. The van der Waals surface area contributed by atoms with Gasteiger partial charge in [0.2, 0.25) is 0 Å². The van der Waals surface area contributed by atoms with Crippen molar-refractivity contribution in [3.05, 3.63) is 23.8 Å². The summed E-state index contributed by atoms with van der Waals surface area (Å²) in [7, 11) is 1.60. The highest BCUT2D eigenvalue weighted by Crippen LogP contribution is 2.33. The molecule has 0 saturated heterocycles. The van der Waals surface area contributed by atoms with Gasteiger partial charge in [-0.05, 0) is 6.07 Å². The van der Waals surface area contributed by atoms with Gasteiger partial charge in [0, 0.05) is 18.7 Å². The van der Waals surface area contributed by atoms with Gasteiger partial charge in [-0.25, -0.2) is 0 Å². The molecule has 0 aromatic heterocycles. The van der Waals surface area contributed by atoms with E-state index in [1.54, 1.807) is 7.11 Å². The van der Waals surface area contributed by atoms with Crippen LogP contribution in [0.5, 0.6) is 11.5 Å². The number of hydrogen-bond donors (Lipinski definition) is 1. The average Bonchev–Trinajstić information content (AvgIpc) is 2.49. The number of hydrogen-bond acceptors (Lipinski definition) is 4. The van der Waals surface area contributed by atoms with Crippen molar-refractivity contribution < 1.29 is 19.4 Å². The average molecular weight is 237 g/mol. The zero-order valence-corrected chi connectivity index (χ0v) is 9.68. The Morgan fingerprint density at radius 1 is 1.59 bits per heavy atom. The van der Waals surface area contributed by atoms with E-state index in [4.69, 9.17) is 14.6 Å². The van der Waals surface area contributed by atoms with Crippen LogP contribution >= 0.6 is 0 Å². The van der Waals surface area contributed by atoms with Crippen LogP contribution in [0.2, 0.25) is 0 Å². The second-order valence-corrected chi connectivity index (χ2v) is 3.90. The van der Waals surface area contributed by atoms with Gasteiger partial charge in [-0.2, -0.15) is 0 Å². The molecule has 0 amide bonds. The fraction of sp³-hybridized carbons (Fsp3) is 0.417. The molecule has 0 bridgehead atoms. The number of methoxy groups -OCH3 is 1. The lowest BCUT2D eigenvalue weighted by molar-refractivity contribution is -0.138. The van der Waals surface area contributed by atoms with E-state index in [1.165, 1.54) is 0 Å². The first-order valence-electron chi connectivity index (χ1n) is 5.43. The minimum Gasteiger partial charge on any atom is -0.493 e. The molecule has 1 aliphatic rings. The van der Waals surface area contributed by atoms with Crippen LogP contribution in [0.15, 0.2) is 18.2 Å². The Morgan fingerprint density at radius 3 is 3.12 bits per heavy atom. The quantitative estimate of drug-likeness (QED) is 0.849. The normalized spacial score (nSPS) is 15.6. The van der Waals surface area contributed by atoms with E-state index in [0.29, 0.717) is 25.4 Å². The van der Waals surface area contributed by atoms with Gasteiger partial charge < -0.3 is 14.6 Å². The van der Waals surface area contributed by atoms with Crippen LogP contribution < -0.4 is 9.47 Å². The van der Waals surface area contributed by atoms with E-state index in [2.05, 4.69) is 0 Å². The number of nitrogens with zero attached hydrogens (tertiary/aromatic N) is 1. The molecule has 1 aromatic carbocycles. The Kier molecular flexibility index (Phi) is 3.49. The Hall–Kier alpha value is -1.75. The summed E-state index contributed by atoms with van der Waals surface area (Å²) >= 11 is 0. The molecule has 92 valence electrons. The SMILES string of the molecule is COc1cccc2c1OCCN(CC(=O)O)C2. The van der Waals surface area contributed by atoms with E-state index in [-0.39, 0.29) is 6.54 Å². The summed E-state index contributed by atoms with van der Waals surface area (Å²) in [6.07, 6.45) is 0. The number of para-hydroxylation sites is 1. The van der Waals surface area contributed by atoms with Crippen LogP contribution in [-0.4, -0.2) is 42.8 Å². The van der Waals surface area contributed by atoms with Crippen molar-refractivity contribution in [1.82, 2.24) is 4.90 Å². The van der Waals surface area contributed by atoms with E-state index in [9.17, 15) is 4.79 Å². The summed E-state index contributed by atoms with van der Waals surface area (Å²) in [5, 5.41) is 8.80. The number of rotatable bonds is 3. The molecule has 0 atom stereocenters. The van der Waals surface area contributed by atoms with E-state index < -0.39 is 5.97 Å². The number of ether oxygens (including phenoxy) is 2. The molecule has 1 aromatic rings. The summed E-state index contributed by atoms with van der Waals surface area (Å²) in [4.78, 5) is 12.5. The second kappa shape index (κ2) is 5.05. The van der Waals surface area contributed by atoms with Crippen molar-refractivity contribution in [3.63, 3.8) is 0 Å². The molecular formula is C12H15NO4. The largest absolute Gasteiger partial charge is 0.493 e. The molecule has 1 aliphatic heterocycles. The lowest BCUT2D eigenvalue weighted by atomic mass is 10.1. The van der Waals surface area contributed by atoms with Gasteiger partial charge in [-0.15, -0.1) is 0 Å². The molecule has 17 heavy (non-hydrogen) atoms. The van der Waals surface area contributed by atoms with Crippen molar-refractivity contribution in [2.45, 2.75) is 6.54 Å². The molecule has 1 N–H and O–H groups in total. The molecule has 0 aliphatic carbocycles. The Labute approximate surface area is 99.6 Å². The Balaban J connectivity index is 2.23. The highest BCUT2D eigenvalue weighted by molar-refractivity contribution is 5.69. The first-order valence-corrected chi connectivity index (χ1v) is 5.43. The molecule has 0 fully saturated rings. The second-order valence-electron chi connectivity index (χ2n) is 3.90. The minimum absolute atomic E-state index is 0.0278. The van der Waals surface area contributed by atoms with Gasteiger partial charge in [0.05, 0.1) is 13.7 Å². The van der Waals surface area contributed by atoms with E-state index >= 15 is 0 Å². The number of carbonyl (C=O) groups is 1. The standard InChI is InChI=1S/C12H15NO4/c1-16-10-4-2-3-9-7-13(8-11(14)15)5-6-17-12(9)10/h2-4H,5-8H2,1H3,(H,14,15). The van der Waals surface area contributed by atoms with Crippen molar-refractivity contribution >= 4 is 5.97 Å². The molecule has 0 saturated carbocycles. The maximum Gasteiger partial charge on any atom is 0.317 e. The predicted molar refractivity (Wildman–Crippen MR) is 61.4 cm³/mol. The molecule has 5 nitrogen and oxygen atoms in total. The monoisotopic (exact) mass is 237 g/mol. The van der Waals surface area contributed by atoms with Gasteiger partial charge in [0.15, 0.2) is 11.5 Å². The van der Waals surface area contributed by atoms with Crippen LogP contribution in [-0.2, 0) is 11.3 Å². The first-order chi connectivity index (χ1) is 8.20. The van der Waals surface area contributed by atoms with Crippen LogP contribution in [0.3, 0.4) is 0 Å². The van der Waals surface area contributed by atoms with Crippen molar-refractivity contribution in [1.29, 1.82) is 0 Å².